The van der Waals surface area contributed by atoms with E-state index in [1.165, 1.54) is 17.9 Å². The fourth-order valence-corrected chi connectivity index (χ4v) is 1.28. The van der Waals surface area contributed by atoms with Crippen LogP contribution >= 0.6 is 0 Å². The number of hydrogen-bond acceptors (Lipinski definition) is 4. The fourth-order valence-electron chi connectivity index (χ4n) is 1.28. The minimum atomic E-state index is -0.458. The highest BCUT2D eigenvalue weighted by molar-refractivity contribution is 5.68. The molecule has 1 rings (SSSR count). The Morgan fingerprint density at radius 2 is 2.19 bits per heavy atom. The number of aromatic amines is 1. The Morgan fingerprint density at radius 3 is 2.81 bits per heavy atom. The highest BCUT2D eigenvalue weighted by atomic mass is 16.5. The van der Waals surface area contributed by atoms with Crippen molar-refractivity contribution in [1.29, 1.82) is 0 Å². The van der Waals surface area contributed by atoms with E-state index in [0.717, 1.165) is 0 Å². The van der Waals surface area contributed by atoms with Gasteiger partial charge in [-0.05, 0) is 13.3 Å². The van der Waals surface area contributed by atoms with Crippen LogP contribution in [0.25, 0.3) is 0 Å². The average Bonchev–Trinajstić information content (AvgIpc) is 2.25. The number of aryl methyl sites for hydroxylation is 2. The van der Waals surface area contributed by atoms with Crippen LogP contribution in [-0.4, -0.2) is 22.6 Å². The smallest absolute Gasteiger partial charge is 0.328 e. The van der Waals surface area contributed by atoms with E-state index in [1.807, 2.05) is 0 Å². The van der Waals surface area contributed by atoms with Gasteiger partial charge in [-0.1, -0.05) is 0 Å². The van der Waals surface area contributed by atoms with Crippen molar-refractivity contribution in [3.63, 3.8) is 0 Å². The Balaban J connectivity index is 2.68. The van der Waals surface area contributed by atoms with Crippen molar-refractivity contribution in [2.75, 3.05) is 7.11 Å². The molecule has 1 aromatic heterocycles. The van der Waals surface area contributed by atoms with Gasteiger partial charge in [0.1, 0.15) is 0 Å². The number of H-pyrrole nitrogens is 1. The summed E-state index contributed by atoms with van der Waals surface area (Å²) in [6, 6.07) is 0. The molecular weight excluding hydrogens is 212 g/mol. The van der Waals surface area contributed by atoms with E-state index in [4.69, 9.17) is 0 Å². The van der Waals surface area contributed by atoms with Crippen molar-refractivity contribution >= 4 is 5.97 Å². The zero-order valence-electron chi connectivity index (χ0n) is 9.28. The van der Waals surface area contributed by atoms with Gasteiger partial charge in [0.2, 0.25) is 0 Å². The molecule has 0 fully saturated rings. The van der Waals surface area contributed by atoms with Crippen molar-refractivity contribution in [3.8, 4) is 0 Å². The van der Waals surface area contributed by atoms with Crippen LogP contribution in [0.4, 0.5) is 0 Å². The summed E-state index contributed by atoms with van der Waals surface area (Å²) in [7, 11) is 1.32. The van der Waals surface area contributed by atoms with Crippen LogP contribution in [0.1, 0.15) is 18.4 Å². The quantitative estimate of drug-likeness (QED) is 0.721. The lowest BCUT2D eigenvalue weighted by Crippen LogP contribution is -2.30. The van der Waals surface area contributed by atoms with E-state index < -0.39 is 5.69 Å². The van der Waals surface area contributed by atoms with Crippen LogP contribution < -0.4 is 11.2 Å². The Labute approximate surface area is 91.9 Å². The second kappa shape index (κ2) is 5.29. The van der Waals surface area contributed by atoms with Gasteiger partial charge < -0.3 is 9.30 Å². The number of aromatic nitrogens is 2. The van der Waals surface area contributed by atoms with E-state index in [9.17, 15) is 14.4 Å². The van der Waals surface area contributed by atoms with Gasteiger partial charge in [-0.3, -0.25) is 14.6 Å². The standard InChI is InChI=1S/C10H14N2O4/c1-7-6-12(10(15)11-9(7)14)5-3-4-8(13)16-2/h6H,3-5H2,1-2H3,(H,11,14,15). The topological polar surface area (TPSA) is 81.2 Å². The molecule has 0 atom stereocenters. The van der Waals surface area contributed by atoms with Crippen molar-refractivity contribution in [2.45, 2.75) is 26.3 Å². The Morgan fingerprint density at radius 1 is 1.50 bits per heavy atom. The summed E-state index contributed by atoms with van der Waals surface area (Å²) in [6.07, 6.45) is 2.23. The molecule has 1 aromatic rings. The molecule has 0 saturated heterocycles. The first-order chi connectivity index (χ1) is 7.54. The van der Waals surface area contributed by atoms with Crippen LogP contribution in [0.5, 0.6) is 0 Å². The number of ether oxygens (including phenoxy) is 1. The average molecular weight is 226 g/mol. The minimum Gasteiger partial charge on any atom is -0.469 e. The van der Waals surface area contributed by atoms with Crippen LogP contribution in [0.15, 0.2) is 15.8 Å². The van der Waals surface area contributed by atoms with E-state index >= 15 is 0 Å². The van der Waals surface area contributed by atoms with Gasteiger partial charge in [0.15, 0.2) is 0 Å². The molecule has 16 heavy (non-hydrogen) atoms. The molecular formula is C10H14N2O4. The van der Waals surface area contributed by atoms with Crippen molar-refractivity contribution in [1.82, 2.24) is 9.55 Å². The van der Waals surface area contributed by atoms with Crippen LogP contribution in [0, 0.1) is 6.92 Å². The summed E-state index contributed by atoms with van der Waals surface area (Å²) in [4.78, 5) is 35.4. The van der Waals surface area contributed by atoms with Gasteiger partial charge in [0, 0.05) is 24.7 Å². The first-order valence-electron chi connectivity index (χ1n) is 4.92. The van der Waals surface area contributed by atoms with Crippen molar-refractivity contribution in [3.05, 3.63) is 32.6 Å². The maximum atomic E-state index is 11.3. The maximum Gasteiger partial charge on any atom is 0.328 e. The van der Waals surface area contributed by atoms with E-state index in [-0.39, 0.29) is 17.9 Å². The first-order valence-corrected chi connectivity index (χ1v) is 4.92. The fraction of sp³-hybridized carbons (Fsp3) is 0.500. The molecule has 0 bridgehead atoms. The number of nitrogens with zero attached hydrogens (tertiary/aromatic N) is 1. The number of nitrogens with one attached hydrogen (secondary N) is 1. The monoisotopic (exact) mass is 226 g/mol. The van der Waals surface area contributed by atoms with Gasteiger partial charge in [0.25, 0.3) is 5.56 Å². The number of carbonyl (C=O) groups excluding carboxylic acids is 1. The zero-order valence-corrected chi connectivity index (χ0v) is 9.28. The summed E-state index contributed by atoms with van der Waals surface area (Å²) in [5, 5.41) is 0. The van der Waals surface area contributed by atoms with E-state index in [0.29, 0.717) is 18.5 Å². The maximum absolute atomic E-state index is 11.3. The molecule has 0 aromatic carbocycles. The molecule has 88 valence electrons. The summed E-state index contributed by atoms with van der Waals surface area (Å²) < 4.78 is 5.85. The molecule has 0 radical (unpaired) electrons. The van der Waals surface area contributed by atoms with Gasteiger partial charge in [0.05, 0.1) is 7.11 Å². The predicted octanol–water partition coefficient (Wildman–Crippen LogP) is -0.202. The molecule has 0 amide bonds. The van der Waals surface area contributed by atoms with Crippen LogP contribution in [0.3, 0.4) is 0 Å². The molecule has 0 saturated carbocycles. The molecule has 6 nitrogen and oxygen atoms in total. The predicted molar refractivity (Wildman–Crippen MR) is 57.3 cm³/mol. The Bertz CT molecular complexity index is 486. The second-order valence-electron chi connectivity index (χ2n) is 3.44. The Hall–Kier alpha value is -1.85. The largest absolute Gasteiger partial charge is 0.469 e. The van der Waals surface area contributed by atoms with Gasteiger partial charge in [-0.2, -0.15) is 0 Å². The Kier molecular flexibility index (Phi) is 4.04. The third-order valence-electron chi connectivity index (χ3n) is 2.20. The van der Waals surface area contributed by atoms with Crippen molar-refractivity contribution in [2.24, 2.45) is 0 Å². The summed E-state index contributed by atoms with van der Waals surface area (Å²) in [6.45, 7) is 2.00. The number of hydrogen-bond donors (Lipinski definition) is 1. The third-order valence-corrected chi connectivity index (χ3v) is 2.20. The molecule has 0 aliphatic rings. The lowest BCUT2D eigenvalue weighted by molar-refractivity contribution is -0.140. The zero-order chi connectivity index (χ0) is 12.1. The molecule has 0 aliphatic carbocycles. The summed E-state index contributed by atoms with van der Waals surface area (Å²) in [5.41, 5.74) is -0.368. The van der Waals surface area contributed by atoms with Gasteiger partial charge >= 0.3 is 11.7 Å². The molecule has 0 spiro atoms. The van der Waals surface area contributed by atoms with Gasteiger partial charge in [-0.25, -0.2) is 4.79 Å². The first kappa shape index (κ1) is 12.2. The van der Waals surface area contributed by atoms with E-state index in [2.05, 4.69) is 9.72 Å². The molecule has 6 heteroatoms. The van der Waals surface area contributed by atoms with Crippen LogP contribution in [0.2, 0.25) is 0 Å². The lowest BCUT2D eigenvalue weighted by Gasteiger charge is -2.04. The third kappa shape index (κ3) is 3.08. The normalized spacial score (nSPS) is 10.1. The molecule has 1 heterocycles. The molecule has 1 N–H and O–H groups in total. The number of rotatable bonds is 4. The summed E-state index contributed by atoms with van der Waals surface area (Å²) in [5.74, 6) is -0.311. The molecule has 0 aliphatic heterocycles. The van der Waals surface area contributed by atoms with Crippen molar-refractivity contribution < 1.29 is 9.53 Å². The lowest BCUT2D eigenvalue weighted by atomic mass is 10.3. The van der Waals surface area contributed by atoms with Gasteiger partial charge in [-0.15, -0.1) is 0 Å². The molecule has 0 unspecified atom stereocenters. The van der Waals surface area contributed by atoms with E-state index in [1.54, 1.807) is 6.92 Å². The highest BCUT2D eigenvalue weighted by Gasteiger charge is 2.03. The van der Waals surface area contributed by atoms with Crippen LogP contribution in [-0.2, 0) is 16.1 Å². The second-order valence-corrected chi connectivity index (χ2v) is 3.44. The minimum absolute atomic E-state index is 0.251. The summed E-state index contributed by atoms with van der Waals surface area (Å²) >= 11 is 0. The number of methoxy groups -OCH3 is 1. The SMILES string of the molecule is COC(=O)CCCn1cc(C)c(=O)[nH]c1=O. The number of carbonyl (C=O) groups is 1. The highest BCUT2D eigenvalue weighted by Crippen LogP contribution is 1.95. The number of esters is 1.